The van der Waals surface area contributed by atoms with Crippen LogP contribution in [0.4, 0.5) is 0 Å². The quantitative estimate of drug-likeness (QED) is 0.688. The SMILES string of the molecule is C=C.CN=C1c2ccc(Br)cc2OCCN1C. The lowest BCUT2D eigenvalue weighted by atomic mass is 10.1. The zero-order valence-electron chi connectivity index (χ0n) is 10.2. The molecule has 0 fully saturated rings. The van der Waals surface area contributed by atoms with Gasteiger partial charge in [0.2, 0.25) is 0 Å². The third-order valence-electron chi connectivity index (χ3n) is 2.44. The van der Waals surface area contributed by atoms with Gasteiger partial charge in [0.15, 0.2) is 0 Å². The van der Waals surface area contributed by atoms with Gasteiger partial charge in [-0.2, -0.15) is 0 Å². The smallest absolute Gasteiger partial charge is 0.134 e. The third-order valence-corrected chi connectivity index (χ3v) is 2.94. The molecular formula is C13H17BrN2O. The molecule has 0 radical (unpaired) electrons. The fourth-order valence-electron chi connectivity index (χ4n) is 1.70. The molecule has 92 valence electrons. The van der Waals surface area contributed by atoms with Gasteiger partial charge in [-0.3, -0.25) is 4.99 Å². The summed E-state index contributed by atoms with van der Waals surface area (Å²) >= 11 is 3.44. The topological polar surface area (TPSA) is 24.8 Å². The predicted molar refractivity (Wildman–Crippen MR) is 76.0 cm³/mol. The molecule has 0 N–H and O–H groups in total. The standard InChI is InChI=1S/C11H13BrN2O.C2H4/c1-13-11-9-4-3-8(12)7-10(9)15-6-5-14(11)2;1-2/h3-4,7H,5-6H2,1-2H3;1-2H2. The van der Waals surface area contributed by atoms with Gasteiger partial charge < -0.3 is 9.64 Å². The lowest BCUT2D eigenvalue weighted by Crippen LogP contribution is -2.28. The van der Waals surface area contributed by atoms with Crippen LogP contribution in [0.1, 0.15) is 5.56 Å². The summed E-state index contributed by atoms with van der Waals surface area (Å²) in [6, 6.07) is 6.02. The van der Waals surface area contributed by atoms with E-state index in [0.717, 1.165) is 28.2 Å². The maximum atomic E-state index is 5.68. The maximum absolute atomic E-state index is 5.68. The van der Waals surface area contributed by atoms with Crippen LogP contribution < -0.4 is 4.74 Å². The largest absolute Gasteiger partial charge is 0.491 e. The van der Waals surface area contributed by atoms with E-state index in [2.05, 4.69) is 39.0 Å². The lowest BCUT2D eigenvalue weighted by Gasteiger charge is -2.17. The Balaban J connectivity index is 0.000000686. The highest BCUT2D eigenvalue weighted by atomic mass is 79.9. The van der Waals surface area contributed by atoms with Crippen molar-refractivity contribution in [1.82, 2.24) is 4.90 Å². The van der Waals surface area contributed by atoms with Crippen molar-refractivity contribution < 1.29 is 4.74 Å². The first-order valence-corrected chi connectivity index (χ1v) is 6.12. The van der Waals surface area contributed by atoms with Crippen LogP contribution in [0.5, 0.6) is 5.75 Å². The molecule has 1 heterocycles. The molecule has 3 nitrogen and oxygen atoms in total. The number of hydrogen-bond donors (Lipinski definition) is 0. The molecule has 0 saturated heterocycles. The predicted octanol–water partition coefficient (Wildman–Crippen LogP) is 2.95. The van der Waals surface area contributed by atoms with Crippen molar-refractivity contribution in [2.24, 2.45) is 4.99 Å². The van der Waals surface area contributed by atoms with E-state index in [-0.39, 0.29) is 0 Å². The average Bonchev–Trinajstić information content (AvgIpc) is 2.49. The number of halogens is 1. The molecule has 0 saturated carbocycles. The van der Waals surface area contributed by atoms with Gasteiger partial charge in [0, 0.05) is 18.6 Å². The number of amidine groups is 1. The van der Waals surface area contributed by atoms with Gasteiger partial charge in [-0.25, -0.2) is 0 Å². The third kappa shape index (κ3) is 3.09. The van der Waals surface area contributed by atoms with E-state index < -0.39 is 0 Å². The first-order valence-electron chi connectivity index (χ1n) is 5.33. The van der Waals surface area contributed by atoms with Gasteiger partial charge >= 0.3 is 0 Å². The van der Waals surface area contributed by atoms with E-state index in [0.29, 0.717) is 6.61 Å². The van der Waals surface area contributed by atoms with Gasteiger partial charge in [-0.15, -0.1) is 13.2 Å². The first kappa shape index (κ1) is 13.8. The Morgan fingerprint density at radius 2 is 2.12 bits per heavy atom. The average molecular weight is 297 g/mol. The van der Waals surface area contributed by atoms with Crippen molar-refractivity contribution in [2.75, 3.05) is 27.2 Å². The molecule has 1 aromatic carbocycles. The summed E-state index contributed by atoms with van der Waals surface area (Å²) in [6.07, 6.45) is 0. The first-order chi connectivity index (χ1) is 8.22. The van der Waals surface area contributed by atoms with Gasteiger partial charge in [0.1, 0.15) is 18.2 Å². The number of hydrogen-bond acceptors (Lipinski definition) is 2. The summed E-state index contributed by atoms with van der Waals surface area (Å²) in [5, 5.41) is 0. The summed E-state index contributed by atoms with van der Waals surface area (Å²) in [7, 11) is 3.84. The Morgan fingerprint density at radius 1 is 1.41 bits per heavy atom. The van der Waals surface area contributed by atoms with Crippen LogP contribution in [0.15, 0.2) is 40.8 Å². The highest BCUT2D eigenvalue weighted by Gasteiger charge is 2.18. The summed E-state index contributed by atoms with van der Waals surface area (Å²) in [5.74, 6) is 1.88. The van der Waals surface area contributed by atoms with Crippen molar-refractivity contribution in [3.63, 3.8) is 0 Å². The summed E-state index contributed by atoms with van der Waals surface area (Å²) in [5.41, 5.74) is 1.06. The summed E-state index contributed by atoms with van der Waals surface area (Å²) < 4.78 is 6.71. The van der Waals surface area contributed by atoms with Crippen LogP contribution >= 0.6 is 15.9 Å². The van der Waals surface area contributed by atoms with E-state index in [1.165, 1.54) is 0 Å². The molecule has 0 atom stereocenters. The molecule has 1 aliphatic rings. The van der Waals surface area contributed by atoms with Gasteiger partial charge in [0.05, 0.1) is 12.1 Å². The Bertz CT molecular complexity index is 418. The van der Waals surface area contributed by atoms with Crippen LogP contribution in [0.25, 0.3) is 0 Å². The molecule has 0 amide bonds. The minimum absolute atomic E-state index is 0.693. The maximum Gasteiger partial charge on any atom is 0.134 e. The molecule has 0 aromatic heterocycles. The van der Waals surface area contributed by atoms with Crippen molar-refractivity contribution in [1.29, 1.82) is 0 Å². The molecule has 1 aliphatic heterocycles. The van der Waals surface area contributed by atoms with E-state index >= 15 is 0 Å². The van der Waals surface area contributed by atoms with E-state index in [1.54, 1.807) is 0 Å². The monoisotopic (exact) mass is 296 g/mol. The Labute approximate surface area is 111 Å². The lowest BCUT2D eigenvalue weighted by molar-refractivity contribution is 0.294. The Kier molecular flexibility index (Phi) is 5.22. The van der Waals surface area contributed by atoms with Crippen LogP contribution in [0.3, 0.4) is 0 Å². The zero-order valence-corrected chi connectivity index (χ0v) is 11.8. The molecule has 4 heteroatoms. The van der Waals surface area contributed by atoms with Crippen LogP contribution in [0, 0.1) is 0 Å². The molecule has 0 spiro atoms. The normalized spacial score (nSPS) is 16.4. The highest BCUT2D eigenvalue weighted by Crippen LogP contribution is 2.26. The molecule has 0 aliphatic carbocycles. The van der Waals surface area contributed by atoms with Crippen LogP contribution in [-0.4, -0.2) is 38.0 Å². The number of fused-ring (bicyclic) bond motifs is 1. The molecule has 17 heavy (non-hydrogen) atoms. The second-order valence-electron chi connectivity index (χ2n) is 3.46. The van der Waals surface area contributed by atoms with Crippen molar-refractivity contribution in [3.8, 4) is 5.75 Å². The Hall–Kier alpha value is -1.29. The number of aliphatic imine (C=N–C) groups is 1. The van der Waals surface area contributed by atoms with E-state index in [4.69, 9.17) is 4.74 Å². The Morgan fingerprint density at radius 3 is 2.76 bits per heavy atom. The van der Waals surface area contributed by atoms with Crippen molar-refractivity contribution in [2.45, 2.75) is 0 Å². The van der Waals surface area contributed by atoms with Gasteiger partial charge in [0.25, 0.3) is 0 Å². The van der Waals surface area contributed by atoms with Gasteiger partial charge in [-0.05, 0) is 18.2 Å². The van der Waals surface area contributed by atoms with Crippen molar-refractivity contribution >= 4 is 21.8 Å². The minimum Gasteiger partial charge on any atom is -0.491 e. The molecule has 1 aromatic rings. The van der Waals surface area contributed by atoms with Crippen LogP contribution in [0.2, 0.25) is 0 Å². The highest BCUT2D eigenvalue weighted by molar-refractivity contribution is 9.10. The van der Waals surface area contributed by atoms with Crippen LogP contribution in [-0.2, 0) is 0 Å². The number of nitrogens with zero attached hydrogens (tertiary/aromatic N) is 2. The minimum atomic E-state index is 0.693. The molecule has 0 unspecified atom stereocenters. The fraction of sp³-hybridized carbons (Fsp3) is 0.308. The summed E-state index contributed by atoms with van der Waals surface area (Å²) in [4.78, 5) is 6.42. The zero-order chi connectivity index (χ0) is 12.8. The van der Waals surface area contributed by atoms with E-state index in [1.807, 2.05) is 32.3 Å². The molecule has 0 bridgehead atoms. The summed E-state index contributed by atoms with van der Waals surface area (Å²) in [6.45, 7) is 7.55. The second-order valence-corrected chi connectivity index (χ2v) is 4.37. The second kappa shape index (κ2) is 6.45. The molecule has 2 rings (SSSR count). The van der Waals surface area contributed by atoms with Crippen molar-refractivity contribution in [3.05, 3.63) is 41.4 Å². The van der Waals surface area contributed by atoms with Gasteiger partial charge in [-0.1, -0.05) is 15.9 Å². The number of benzene rings is 1. The fourth-order valence-corrected chi connectivity index (χ4v) is 2.04. The number of rotatable bonds is 0. The molecular weight excluding hydrogens is 280 g/mol. The number of likely N-dealkylation sites (N-methyl/N-ethyl adjacent to an activating group) is 1. The number of ether oxygens (including phenoxy) is 1. The van der Waals surface area contributed by atoms with E-state index in [9.17, 15) is 0 Å².